The Morgan fingerprint density at radius 3 is 2.83 bits per heavy atom. The molecular weight excluding hydrogens is 450 g/mol. The van der Waals surface area contributed by atoms with E-state index in [0.717, 1.165) is 37.7 Å². The quantitative estimate of drug-likeness (QED) is 0.108. The number of nitrogens with one attached hydrogen (secondary N) is 1. The molecule has 5 unspecified atom stereocenters. The van der Waals surface area contributed by atoms with Crippen molar-refractivity contribution >= 4 is 18.2 Å². The molecule has 9 nitrogen and oxygen atoms in total. The number of phenols is 1. The van der Waals surface area contributed by atoms with Crippen molar-refractivity contribution in [1.82, 2.24) is 5.32 Å². The fourth-order valence-corrected chi connectivity index (χ4v) is 4.70. The van der Waals surface area contributed by atoms with Crippen LogP contribution in [-0.4, -0.2) is 60.8 Å². The number of nitrogens with zero attached hydrogens (tertiary/aromatic N) is 1. The predicted molar refractivity (Wildman–Crippen MR) is 134 cm³/mol. The number of phenolic OH excluding ortho intramolecular Hbond substituents is 1. The highest BCUT2D eigenvalue weighted by molar-refractivity contribution is 5.77. The number of hydrogen-bond donors (Lipinski definition) is 4. The molecule has 0 bridgehead atoms. The number of carbonyl (C=O) groups is 2. The molecule has 1 aliphatic carbocycles. The SMILES string of the molecule is CN=C(N)NCC1CC(C(O)CC(CCc2ccc(O)c(OCCC=O)c2)OC(C)=O)CCC1C. The topological polar surface area (TPSA) is 143 Å². The zero-order valence-electron chi connectivity index (χ0n) is 21.1. The first kappa shape index (κ1) is 28.4. The van der Waals surface area contributed by atoms with Crippen LogP contribution in [0.5, 0.6) is 11.5 Å². The van der Waals surface area contributed by atoms with Crippen molar-refractivity contribution in [3.05, 3.63) is 23.8 Å². The van der Waals surface area contributed by atoms with Crippen molar-refractivity contribution in [2.75, 3.05) is 20.2 Å². The second-order valence-corrected chi connectivity index (χ2v) is 9.48. The number of rotatable bonds is 13. The summed E-state index contributed by atoms with van der Waals surface area (Å²) in [5.74, 6) is 1.40. The molecule has 1 aromatic rings. The first-order valence-electron chi connectivity index (χ1n) is 12.4. The van der Waals surface area contributed by atoms with Crippen LogP contribution in [0, 0.1) is 17.8 Å². The number of nitrogens with two attached hydrogens (primary N) is 1. The van der Waals surface area contributed by atoms with Gasteiger partial charge in [-0.2, -0.15) is 0 Å². The molecule has 2 rings (SSSR count). The van der Waals surface area contributed by atoms with E-state index in [1.165, 1.54) is 6.92 Å². The fourth-order valence-electron chi connectivity index (χ4n) is 4.70. The Morgan fingerprint density at radius 1 is 1.37 bits per heavy atom. The molecular formula is C26H41N3O6. The first-order chi connectivity index (χ1) is 16.7. The molecule has 0 radical (unpaired) electrons. The summed E-state index contributed by atoms with van der Waals surface area (Å²) >= 11 is 0. The van der Waals surface area contributed by atoms with Gasteiger partial charge < -0.3 is 35.5 Å². The second-order valence-electron chi connectivity index (χ2n) is 9.48. The number of aliphatic hydroxyl groups excluding tert-OH is 1. The van der Waals surface area contributed by atoms with Gasteiger partial charge in [0.15, 0.2) is 17.5 Å². The van der Waals surface area contributed by atoms with Gasteiger partial charge in [0, 0.05) is 33.4 Å². The van der Waals surface area contributed by atoms with Gasteiger partial charge in [-0.05, 0) is 61.1 Å². The van der Waals surface area contributed by atoms with Crippen LogP contribution in [0.4, 0.5) is 0 Å². The maximum atomic E-state index is 11.7. The van der Waals surface area contributed by atoms with Crippen molar-refractivity contribution in [3.8, 4) is 11.5 Å². The third-order valence-electron chi connectivity index (χ3n) is 6.84. The van der Waals surface area contributed by atoms with E-state index in [0.29, 0.717) is 42.8 Å². The van der Waals surface area contributed by atoms with Crippen LogP contribution in [0.2, 0.25) is 0 Å². The van der Waals surface area contributed by atoms with Crippen LogP contribution in [0.1, 0.15) is 57.9 Å². The van der Waals surface area contributed by atoms with Crippen molar-refractivity contribution in [3.63, 3.8) is 0 Å². The molecule has 5 N–H and O–H groups in total. The summed E-state index contributed by atoms with van der Waals surface area (Å²) in [4.78, 5) is 26.2. The number of aliphatic imine (C=N–C) groups is 1. The smallest absolute Gasteiger partial charge is 0.302 e. The number of esters is 1. The number of benzene rings is 1. The Bertz CT molecular complexity index is 846. The minimum Gasteiger partial charge on any atom is -0.504 e. The molecule has 1 fully saturated rings. The average molecular weight is 492 g/mol. The van der Waals surface area contributed by atoms with Crippen LogP contribution in [-0.2, 0) is 20.7 Å². The van der Waals surface area contributed by atoms with Crippen LogP contribution < -0.4 is 15.8 Å². The third kappa shape index (κ3) is 9.76. The fraction of sp³-hybridized carbons (Fsp3) is 0.654. The summed E-state index contributed by atoms with van der Waals surface area (Å²) in [6, 6.07) is 5.07. The summed E-state index contributed by atoms with van der Waals surface area (Å²) in [6.45, 7) is 4.52. The van der Waals surface area contributed by atoms with Gasteiger partial charge in [-0.15, -0.1) is 0 Å². The molecule has 0 saturated heterocycles. The van der Waals surface area contributed by atoms with E-state index < -0.39 is 12.2 Å². The van der Waals surface area contributed by atoms with Gasteiger partial charge >= 0.3 is 5.97 Å². The van der Waals surface area contributed by atoms with Crippen LogP contribution in [0.3, 0.4) is 0 Å². The number of carbonyl (C=O) groups excluding carboxylic acids is 2. The Kier molecular flexibility index (Phi) is 11.8. The molecule has 9 heteroatoms. The van der Waals surface area contributed by atoms with E-state index in [1.807, 2.05) is 0 Å². The molecule has 0 aliphatic heterocycles. The van der Waals surface area contributed by atoms with E-state index in [1.54, 1.807) is 25.2 Å². The molecule has 1 aliphatic rings. The number of aryl methyl sites for hydroxylation is 1. The van der Waals surface area contributed by atoms with Gasteiger partial charge in [0.1, 0.15) is 12.4 Å². The van der Waals surface area contributed by atoms with Gasteiger partial charge in [-0.25, -0.2) is 0 Å². The molecule has 1 aromatic carbocycles. The van der Waals surface area contributed by atoms with Gasteiger partial charge in [0.2, 0.25) is 0 Å². The van der Waals surface area contributed by atoms with Crippen LogP contribution in [0.15, 0.2) is 23.2 Å². The highest BCUT2D eigenvalue weighted by Crippen LogP contribution is 2.36. The zero-order valence-corrected chi connectivity index (χ0v) is 21.1. The normalized spacial score (nSPS) is 22.2. The van der Waals surface area contributed by atoms with Gasteiger partial charge in [-0.1, -0.05) is 19.4 Å². The van der Waals surface area contributed by atoms with E-state index in [2.05, 4.69) is 17.2 Å². The molecule has 0 amide bonds. The van der Waals surface area contributed by atoms with Crippen molar-refractivity contribution in [2.24, 2.45) is 28.5 Å². The summed E-state index contributed by atoms with van der Waals surface area (Å²) in [7, 11) is 1.65. The van der Waals surface area contributed by atoms with Crippen LogP contribution >= 0.6 is 0 Å². The standard InChI is InChI=1S/C26H41N3O6/c1-17-5-8-20(14-21(17)16-29-26(27)28-3)24(33)15-22(35-18(2)31)9-6-19-7-10-23(32)25(13-19)34-12-4-11-30/h7,10-11,13,17,20-22,24,32-33H,4-6,8-9,12,14-16H2,1-3H3,(H3,27,28,29). The largest absolute Gasteiger partial charge is 0.504 e. The maximum Gasteiger partial charge on any atom is 0.302 e. The van der Waals surface area contributed by atoms with Gasteiger partial charge in [0.25, 0.3) is 0 Å². The first-order valence-corrected chi connectivity index (χ1v) is 12.4. The van der Waals surface area contributed by atoms with Gasteiger partial charge in [-0.3, -0.25) is 9.79 Å². The lowest BCUT2D eigenvalue weighted by Crippen LogP contribution is -2.41. The van der Waals surface area contributed by atoms with Crippen molar-refractivity contribution in [2.45, 2.75) is 71.0 Å². The lowest BCUT2D eigenvalue weighted by Gasteiger charge is -2.37. The molecule has 35 heavy (non-hydrogen) atoms. The second kappa shape index (κ2) is 14.6. The van der Waals surface area contributed by atoms with Crippen LogP contribution in [0.25, 0.3) is 0 Å². The van der Waals surface area contributed by atoms with Gasteiger partial charge in [0.05, 0.1) is 12.7 Å². The Hall–Kier alpha value is -2.81. The number of hydrogen-bond acceptors (Lipinski definition) is 7. The monoisotopic (exact) mass is 491 g/mol. The summed E-state index contributed by atoms with van der Waals surface area (Å²) < 4.78 is 11.0. The van der Waals surface area contributed by atoms with E-state index in [4.69, 9.17) is 15.2 Å². The highest BCUT2D eigenvalue weighted by Gasteiger charge is 2.33. The zero-order chi connectivity index (χ0) is 25.8. The number of aromatic hydroxyl groups is 1. The summed E-state index contributed by atoms with van der Waals surface area (Å²) in [6.07, 6.45) is 4.33. The maximum absolute atomic E-state index is 11.7. The number of aliphatic hydroxyl groups is 1. The molecule has 0 spiro atoms. The summed E-state index contributed by atoms with van der Waals surface area (Å²) in [5.41, 5.74) is 6.68. The van der Waals surface area contributed by atoms with E-state index in [-0.39, 0.29) is 30.7 Å². The Balaban J connectivity index is 1.96. The van der Waals surface area contributed by atoms with E-state index >= 15 is 0 Å². The Morgan fingerprint density at radius 2 is 2.14 bits per heavy atom. The molecule has 0 aromatic heterocycles. The molecule has 5 atom stereocenters. The molecule has 0 heterocycles. The number of guanidine groups is 1. The lowest BCUT2D eigenvalue weighted by atomic mass is 9.72. The Labute approximate surface area is 208 Å². The minimum atomic E-state index is -0.575. The summed E-state index contributed by atoms with van der Waals surface area (Å²) in [5, 5.41) is 24.2. The van der Waals surface area contributed by atoms with Crippen molar-refractivity contribution < 1.29 is 29.3 Å². The van der Waals surface area contributed by atoms with E-state index in [9.17, 15) is 19.8 Å². The molecule has 196 valence electrons. The van der Waals surface area contributed by atoms with Crippen molar-refractivity contribution in [1.29, 1.82) is 0 Å². The predicted octanol–water partition coefficient (Wildman–Crippen LogP) is 2.56. The highest BCUT2D eigenvalue weighted by atomic mass is 16.5. The minimum absolute atomic E-state index is 0.00847. The molecule has 1 saturated carbocycles. The third-order valence-corrected chi connectivity index (χ3v) is 6.84. The average Bonchev–Trinajstić information content (AvgIpc) is 2.83. The lowest BCUT2D eigenvalue weighted by molar-refractivity contribution is -0.148. The number of ether oxygens (including phenoxy) is 2. The number of aldehydes is 1.